The number of rotatable bonds is 6. The van der Waals surface area contributed by atoms with Crippen molar-refractivity contribution in [3.8, 4) is 0 Å². The number of nitrogens with one attached hydrogen (secondary N) is 2. The Labute approximate surface area is 120 Å². The summed E-state index contributed by atoms with van der Waals surface area (Å²) in [5, 5.41) is 3.09. The summed E-state index contributed by atoms with van der Waals surface area (Å²) in [7, 11) is -2.28. The van der Waals surface area contributed by atoms with E-state index in [2.05, 4.69) is 5.32 Å². The van der Waals surface area contributed by atoms with Crippen molar-refractivity contribution < 1.29 is 21.6 Å². The van der Waals surface area contributed by atoms with Gasteiger partial charge in [0.15, 0.2) is 0 Å². The highest BCUT2D eigenvalue weighted by Crippen LogP contribution is 2.22. The van der Waals surface area contributed by atoms with Gasteiger partial charge in [0.1, 0.15) is 0 Å². The summed E-state index contributed by atoms with van der Waals surface area (Å²) in [6.45, 7) is -0.248. The predicted molar refractivity (Wildman–Crippen MR) is 70.1 cm³/mol. The highest BCUT2D eigenvalue weighted by Gasteiger charge is 2.27. The molecule has 0 aliphatic carbocycles. The van der Waals surface area contributed by atoms with Crippen LogP contribution in [0, 0.1) is 0 Å². The maximum Gasteiger partial charge on any atom is 0.390 e. The fourth-order valence-electron chi connectivity index (χ4n) is 1.44. The SMILES string of the molecule is CNCc1ccc(S(=O)(=O)NCCC(F)(F)F)cc1Cl. The lowest BCUT2D eigenvalue weighted by Crippen LogP contribution is -2.28. The zero-order chi connectivity index (χ0) is 15.4. The number of hydrogen-bond acceptors (Lipinski definition) is 3. The molecule has 0 bridgehead atoms. The van der Waals surface area contributed by atoms with Gasteiger partial charge in [0.05, 0.1) is 11.3 Å². The lowest BCUT2D eigenvalue weighted by atomic mass is 10.2. The molecule has 0 fully saturated rings. The van der Waals surface area contributed by atoms with Crippen molar-refractivity contribution >= 4 is 21.6 Å². The van der Waals surface area contributed by atoms with E-state index in [9.17, 15) is 21.6 Å². The van der Waals surface area contributed by atoms with Crippen molar-refractivity contribution in [1.82, 2.24) is 10.0 Å². The van der Waals surface area contributed by atoms with E-state index in [-0.39, 0.29) is 9.92 Å². The van der Waals surface area contributed by atoms with Crippen LogP contribution in [0.2, 0.25) is 5.02 Å². The Kier molecular flexibility index (Phi) is 5.81. The van der Waals surface area contributed by atoms with E-state index in [0.29, 0.717) is 12.1 Å². The minimum Gasteiger partial charge on any atom is -0.316 e. The third-order valence-electron chi connectivity index (χ3n) is 2.40. The fourth-order valence-corrected chi connectivity index (χ4v) is 2.81. The van der Waals surface area contributed by atoms with Crippen LogP contribution in [-0.2, 0) is 16.6 Å². The highest BCUT2D eigenvalue weighted by molar-refractivity contribution is 7.89. The fraction of sp³-hybridized carbons (Fsp3) is 0.455. The van der Waals surface area contributed by atoms with E-state index in [0.717, 1.165) is 0 Å². The molecule has 0 aliphatic rings. The van der Waals surface area contributed by atoms with E-state index in [4.69, 9.17) is 11.6 Å². The molecule has 0 aliphatic heterocycles. The number of sulfonamides is 1. The van der Waals surface area contributed by atoms with Gasteiger partial charge >= 0.3 is 6.18 Å². The molecule has 20 heavy (non-hydrogen) atoms. The van der Waals surface area contributed by atoms with Crippen molar-refractivity contribution in [3.05, 3.63) is 28.8 Å². The molecule has 0 spiro atoms. The molecule has 0 amide bonds. The van der Waals surface area contributed by atoms with Crippen LogP contribution in [0.5, 0.6) is 0 Å². The van der Waals surface area contributed by atoms with Crippen LogP contribution in [0.4, 0.5) is 13.2 Å². The van der Waals surface area contributed by atoms with Crippen LogP contribution < -0.4 is 10.0 Å². The molecule has 0 atom stereocenters. The second-order valence-electron chi connectivity index (χ2n) is 4.05. The Balaban J connectivity index is 2.80. The first-order valence-electron chi connectivity index (χ1n) is 5.65. The minimum atomic E-state index is -4.41. The van der Waals surface area contributed by atoms with Crippen molar-refractivity contribution in [2.45, 2.75) is 24.0 Å². The first-order chi connectivity index (χ1) is 9.15. The summed E-state index contributed by atoms with van der Waals surface area (Å²) in [5.74, 6) is 0. The largest absolute Gasteiger partial charge is 0.390 e. The Hall–Kier alpha value is -0.830. The molecule has 2 N–H and O–H groups in total. The zero-order valence-corrected chi connectivity index (χ0v) is 12.2. The molecule has 114 valence electrons. The van der Waals surface area contributed by atoms with Crippen molar-refractivity contribution in [2.75, 3.05) is 13.6 Å². The van der Waals surface area contributed by atoms with Crippen LogP contribution in [0.15, 0.2) is 23.1 Å². The summed E-state index contributed by atoms with van der Waals surface area (Å²) in [6.07, 6.45) is -5.63. The van der Waals surface area contributed by atoms with E-state index >= 15 is 0 Å². The van der Waals surface area contributed by atoms with Crippen molar-refractivity contribution in [2.24, 2.45) is 0 Å². The summed E-state index contributed by atoms with van der Waals surface area (Å²) in [6, 6.07) is 4.02. The summed E-state index contributed by atoms with van der Waals surface area (Å²) in [5.41, 5.74) is 0.698. The molecule has 0 saturated carbocycles. The third kappa shape index (κ3) is 5.28. The van der Waals surface area contributed by atoms with Gasteiger partial charge in [-0.05, 0) is 24.7 Å². The molecule has 0 aromatic heterocycles. The van der Waals surface area contributed by atoms with Crippen LogP contribution in [0.25, 0.3) is 0 Å². The molecule has 1 aromatic carbocycles. The summed E-state index contributed by atoms with van der Waals surface area (Å²) < 4.78 is 61.4. The predicted octanol–water partition coefficient (Wildman–Crippen LogP) is 2.29. The second kappa shape index (κ2) is 6.75. The molecule has 0 unspecified atom stereocenters. The molecule has 9 heteroatoms. The van der Waals surface area contributed by atoms with Crippen LogP contribution >= 0.6 is 11.6 Å². The lowest BCUT2D eigenvalue weighted by Gasteiger charge is -2.10. The first kappa shape index (κ1) is 17.2. The molecule has 1 aromatic rings. The number of halogens is 4. The van der Waals surface area contributed by atoms with Gasteiger partial charge in [-0.3, -0.25) is 0 Å². The molecular formula is C11H14ClF3N2O2S. The van der Waals surface area contributed by atoms with Crippen molar-refractivity contribution in [1.29, 1.82) is 0 Å². The van der Waals surface area contributed by atoms with Crippen LogP contribution in [0.1, 0.15) is 12.0 Å². The third-order valence-corrected chi connectivity index (χ3v) is 4.21. The Morgan fingerprint density at radius 3 is 2.45 bits per heavy atom. The van der Waals surface area contributed by atoms with Crippen molar-refractivity contribution in [3.63, 3.8) is 0 Å². The Morgan fingerprint density at radius 1 is 1.30 bits per heavy atom. The van der Waals surface area contributed by atoms with E-state index in [1.807, 2.05) is 4.72 Å². The average molecular weight is 331 g/mol. The van der Waals surface area contributed by atoms with Gasteiger partial charge in [-0.2, -0.15) is 13.2 Å². The topological polar surface area (TPSA) is 58.2 Å². The molecule has 0 saturated heterocycles. The molecule has 0 radical (unpaired) electrons. The summed E-state index contributed by atoms with van der Waals surface area (Å²) in [4.78, 5) is -0.162. The highest BCUT2D eigenvalue weighted by atomic mass is 35.5. The molecule has 1 rings (SSSR count). The van der Waals surface area contributed by atoms with Gasteiger partial charge in [0.2, 0.25) is 10.0 Å². The maximum atomic E-state index is 12.0. The molecular weight excluding hydrogens is 317 g/mol. The average Bonchev–Trinajstić information content (AvgIpc) is 2.29. The van der Waals surface area contributed by atoms with Gasteiger partial charge in [0.25, 0.3) is 0 Å². The van der Waals surface area contributed by atoms with Gasteiger partial charge in [-0.1, -0.05) is 17.7 Å². The second-order valence-corrected chi connectivity index (χ2v) is 6.22. The number of hydrogen-bond donors (Lipinski definition) is 2. The van der Waals surface area contributed by atoms with Gasteiger partial charge < -0.3 is 5.32 Å². The maximum absolute atomic E-state index is 12.0. The van der Waals surface area contributed by atoms with E-state index in [1.165, 1.54) is 18.2 Å². The smallest absolute Gasteiger partial charge is 0.316 e. The number of benzene rings is 1. The monoisotopic (exact) mass is 330 g/mol. The first-order valence-corrected chi connectivity index (χ1v) is 7.51. The molecule has 0 heterocycles. The normalized spacial score (nSPS) is 12.7. The summed E-state index contributed by atoms with van der Waals surface area (Å²) >= 11 is 5.91. The minimum absolute atomic E-state index is 0.162. The zero-order valence-electron chi connectivity index (χ0n) is 10.6. The van der Waals surface area contributed by atoms with E-state index in [1.54, 1.807) is 7.05 Å². The Morgan fingerprint density at radius 2 is 1.95 bits per heavy atom. The van der Waals surface area contributed by atoms with Gasteiger partial charge in [-0.25, -0.2) is 13.1 Å². The van der Waals surface area contributed by atoms with Crippen LogP contribution in [0.3, 0.4) is 0 Å². The lowest BCUT2D eigenvalue weighted by molar-refractivity contribution is -0.132. The number of alkyl halides is 3. The van der Waals surface area contributed by atoms with Gasteiger partial charge in [-0.15, -0.1) is 0 Å². The Bertz CT molecular complexity index is 561. The molecule has 4 nitrogen and oxygen atoms in total. The van der Waals surface area contributed by atoms with Crippen LogP contribution in [-0.4, -0.2) is 28.2 Å². The van der Waals surface area contributed by atoms with Gasteiger partial charge in [0, 0.05) is 18.1 Å². The van der Waals surface area contributed by atoms with E-state index < -0.39 is 29.2 Å². The standard InChI is InChI=1S/C11H14ClF3N2O2S/c1-16-7-8-2-3-9(6-10(8)12)20(18,19)17-5-4-11(13,14)15/h2-3,6,16-17H,4-5,7H2,1H3. The quantitative estimate of drug-likeness (QED) is 0.841.